The highest BCUT2D eigenvalue weighted by Gasteiger charge is 2.05. The molecule has 0 fully saturated rings. The Kier molecular flexibility index (Phi) is 4.66. The van der Waals surface area contributed by atoms with E-state index in [4.69, 9.17) is 11.6 Å². The van der Waals surface area contributed by atoms with Crippen LogP contribution in [0.4, 0.5) is 4.39 Å². The van der Waals surface area contributed by atoms with Crippen LogP contribution in [-0.4, -0.2) is 12.3 Å². The van der Waals surface area contributed by atoms with Crippen LogP contribution in [0.2, 0.25) is 5.02 Å². The maximum atomic E-state index is 12.7. The molecular formula is C15H13ClFNO. The van der Waals surface area contributed by atoms with E-state index in [2.05, 4.69) is 5.32 Å². The van der Waals surface area contributed by atoms with Crippen molar-refractivity contribution in [1.29, 1.82) is 0 Å². The molecule has 0 atom stereocenters. The van der Waals surface area contributed by atoms with Gasteiger partial charge in [-0.2, -0.15) is 0 Å². The van der Waals surface area contributed by atoms with E-state index >= 15 is 0 Å². The maximum absolute atomic E-state index is 12.7. The van der Waals surface area contributed by atoms with E-state index in [1.807, 2.05) is 12.1 Å². The van der Waals surface area contributed by atoms with Crippen molar-refractivity contribution in [2.75, 3.05) is 6.54 Å². The fourth-order valence-electron chi connectivity index (χ4n) is 1.66. The number of rotatable bonds is 5. The van der Waals surface area contributed by atoms with Crippen molar-refractivity contribution in [1.82, 2.24) is 5.32 Å². The lowest BCUT2D eigenvalue weighted by Gasteiger charge is -2.05. The SMILES string of the molecule is O=C(CNCc1ccc(Cl)cc1)c1ccc(F)cc1. The van der Waals surface area contributed by atoms with Gasteiger partial charge < -0.3 is 5.32 Å². The molecule has 0 aliphatic heterocycles. The normalized spacial score (nSPS) is 10.4. The summed E-state index contributed by atoms with van der Waals surface area (Å²) < 4.78 is 12.7. The first-order valence-electron chi connectivity index (χ1n) is 5.89. The zero-order chi connectivity index (χ0) is 13.7. The molecule has 0 saturated heterocycles. The van der Waals surface area contributed by atoms with E-state index in [0.717, 1.165) is 5.56 Å². The Morgan fingerprint density at radius 3 is 2.32 bits per heavy atom. The molecule has 0 heterocycles. The number of Topliss-reactive ketones (excluding diaryl/α,β-unsaturated/α-hetero) is 1. The number of ketones is 1. The summed E-state index contributed by atoms with van der Waals surface area (Å²) in [6.07, 6.45) is 0. The summed E-state index contributed by atoms with van der Waals surface area (Å²) in [7, 11) is 0. The van der Waals surface area contributed by atoms with Crippen molar-refractivity contribution in [2.24, 2.45) is 0 Å². The summed E-state index contributed by atoms with van der Waals surface area (Å²) in [6.45, 7) is 0.804. The van der Waals surface area contributed by atoms with Crippen LogP contribution in [0.5, 0.6) is 0 Å². The Morgan fingerprint density at radius 2 is 1.68 bits per heavy atom. The van der Waals surface area contributed by atoms with Crippen LogP contribution in [0.1, 0.15) is 15.9 Å². The molecule has 0 aliphatic rings. The molecule has 98 valence electrons. The van der Waals surface area contributed by atoms with E-state index in [9.17, 15) is 9.18 Å². The summed E-state index contributed by atoms with van der Waals surface area (Å²) in [4.78, 5) is 11.8. The summed E-state index contributed by atoms with van der Waals surface area (Å²) in [5.41, 5.74) is 1.56. The van der Waals surface area contributed by atoms with Gasteiger partial charge in [0.1, 0.15) is 5.82 Å². The van der Waals surface area contributed by atoms with Gasteiger partial charge in [0.15, 0.2) is 5.78 Å². The minimum atomic E-state index is -0.342. The molecule has 4 heteroatoms. The van der Waals surface area contributed by atoms with Crippen molar-refractivity contribution in [2.45, 2.75) is 6.54 Å². The molecule has 2 aromatic carbocycles. The first-order chi connectivity index (χ1) is 9.15. The lowest BCUT2D eigenvalue weighted by Crippen LogP contribution is -2.22. The van der Waals surface area contributed by atoms with Crippen molar-refractivity contribution in [3.05, 3.63) is 70.5 Å². The lowest BCUT2D eigenvalue weighted by atomic mass is 10.1. The zero-order valence-corrected chi connectivity index (χ0v) is 11.0. The van der Waals surface area contributed by atoms with Gasteiger partial charge in [-0.25, -0.2) is 4.39 Å². The summed E-state index contributed by atoms with van der Waals surface area (Å²) in [5.74, 6) is -0.403. The molecule has 0 bridgehead atoms. The molecule has 0 amide bonds. The molecule has 0 radical (unpaired) electrons. The highest BCUT2D eigenvalue weighted by Crippen LogP contribution is 2.09. The van der Waals surface area contributed by atoms with Crippen molar-refractivity contribution < 1.29 is 9.18 Å². The van der Waals surface area contributed by atoms with Crippen molar-refractivity contribution in [3.63, 3.8) is 0 Å². The van der Waals surface area contributed by atoms with Crippen LogP contribution in [0.25, 0.3) is 0 Å². The first-order valence-corrected chi connectivity index (χ1v) is 6.27. The number of hydrogen-bond acceptors (Lipinski definition) is 2. The Balaban J connectivity index is 1.84. The van der Waals surface area contributed by atoms with Gasteiger partial charge in [-0.15, -0.1) is 0 Å². The van der Waals surface area contributed by atoms with Crippen LogP contribution >= 0.6 is 11.6 Å². The molecule has 0 aliphatic carbocycles. The second-order valence-corrected chi connectivity index (χ2v) is 4.60. The van der Waals surface area contributed by atoms with E-state index in [1.165, 1.54) is 24.3 Å². The first kappa shape index (κ1) is 13.7. The molecular weight excluding hydrogens is 265 g/mol. The monoisotopic (exact) mass is 277 g/mol. The third kappa shape index (κ3) is 4.16. The minimum absolute atomic E-state index is 0.0611. The van der Waals surface area contributed by atoms with E-state index in [1.54, 1.807) is 12.1 Å². The second kappa shape index (κ2) is 6.45. The zero-order valence-electron chi connectivity index (χ0n) is 10.2. The largest absolute Gasteiger partial charge is 0.306 e. The second-order valence-electron chi connectivity index (χ2n) is 4.16. The van der Waals surface area contributed by atoms with Crippen molar-refractivity contribution >= 4 is 17.4 Å². The van der Waals surface area contributed by atoms with Gasteiger partial charge in [-0.05, 0) is 42.0 Å². The molecule has 0 spiro atoms. The van der Waals surface area contributed by atoms with Crippen LogP contribution < -0.4 is 5.32 Å². The van der Waals surface area contributed by atoms with Gasteiger partial charge >= 0.3 is 0 Å². The van der Waals surface area contributed by atoms with Crippen LogP contribution in [0.3, 0.4) is 0 Å². The van der Waals surface area contributed by atoms with Crippen molar-refractivity contribution in [3.8, 4) is 0 Å². The van der Waals surface area contributed by atoms with E-state index in [-0.39, 0.29) is 18.1 Å². The van der Waals surface area contributed by atoms with Crippen LogP contribution in [0, 0.1) is 5.82 Å². The third-order valence-corrected chi connectivity index (χ3v) is 2.95. The van der Waals surface area contributed by atoms with Crippen LogP contribution in [-0.2, 0) is 6.54 Å². The van der Waals surface area contributed by atoms with Gasteiger partial charge in [0.2, 0.25) is 0 Å². The molecule has 2 aromatic rings. The smallest absolute Gasteiger partial charge is 0.176 e. The molecule has 2 rings (SSSR count). The predicted octanol–water partition coefficient (Wildman–Crippen LogP) is 3.45. The number of carbonyl (C=O) groups excluding carboxylic acids is 1. The molecule has 0 unspecified atom stereocenters. The van der Waals surface area contributed by atoms with Crippen LogP contribution in [0.15, 0.2) is 48.5 Å². The predicted molar refractivity (Wildman–Crippen MR) is 73.9 cm³/mol. The number of nitrogens with one attached hydrogen (secondary N) is 1. The molecule has 0 aromatic heterocycles. The third-order valence-electron chi connectivity index (χ3n) is 2.69. The quantitative estimate of drug-likeness (QED) is 0.848. The number of halogens is 2. The van der Waals surface area contributed by atoms with E-state index < -0.39 is 0 Å². The Hall–Kier alpha value is -1.71. The Labute approximate surface area is 116 Å². The molecule has 19 heavy (non-hydrogen) atoms. The molecule has 2 nitrogen and oxygen atoms in total. The van der Waals surface area contributed by atoms with Gasteiger partial charge in [-0.1, -0.05) is 23.7 Å². The summed E-state index contributed by atoms with van der Waals surface area (Å²) in [5, 5.41) is 3.73. The standard InChI is InChI=1S/C15H13ClFNO/c16-13-5-1-11(2-6-13)9-18-10-15(19)12-3-7-14(17)8-4-12/h1-8,18H,9-10H2. The topological polar surface area (TPSA) is 29.1 Å². The molecule has 1 N–H and O–H groups in total. The van der Waals surface area contributed by atoms with Gasteiger partial charge in [0.25, 0.3) is 0 Å². The Bertz CT molecular complexity index is 551. The number of carbonyl (C=O) groups is 1. The van der Waals surface area contributed by atoms with Gasteiger partial charge in [-0.3, -0.25) is 4.79 Å². The van der Waals surface area contributed by atoms with Gasteiger partial charge in [0, 0.05) is 17.1 Å². The minimum Gasteiger partial charge on any atom is -0.306 e. The fraction of sp³-hybridized carbons (Fsp3) is 0.133. The Morgan fingerprint density at radius 1 is 1.05 bits per heavy atom. The lowest BCUT2D eigenvalue weighted by molar-refractivity contribution is 0.0991. The molecule has 0 saturated carbocycles. The average molecular weight is 278 g/mol. The summed E-state index contributed by atoms with van der Waals surface area (Å²) in [6, 6.07) is 13.0. The van der Waals surface area contributed by atoms with E-state index in [0.29, 0.717) is 17.1 Å². The number of benzene rings is 2. The highest BCUT2D eigenvalue weighted by molar-refractivity contribution is 6.30. The maximum Gasteiger partial charge on any atom is 0.176 e. The summed E-state index contributed by atoms with van der Waals surface area (Å²) >= 11 is 5.78. The average Bonchev–Trinajstić information content (AvgIpc) is 2.41. The fourth-order valence-corrected chi connectivity index (χ4v) is 1.79. The highest BCUT2D eigenvalue weighted by atomic mass is 35.5. The van der Waals surface area contributed by atoms with Gasteiger partial charge in [0.05, 0.1) is 6.54 Å². The number of hydrogen-bond donors (Lipinski definition) is 1.